The number of benzene rings is 2. The van der Waals surface area contributed by atoms with Gasteiger partial charge in [-0.15, -0.1) is 0 Å². The number of aryl methyl sites for hydroxylation is 1. The van der Waals surface area contributed by atoms with E-state index in [0.29, 0.717) is 30.0 Å². The van der Waals surface area contributed by atoms with E-state index in [0.717, 1.165) is 24.2 Å². The molecule has 2 aromatic carbocycles. The molecule has 0 N–H and O–H groups in total. The highest BCUT2D eigenvalue weighted by atomic mass is 19.2. The van der Waals surface area contributed by atoms with Crippen molar-refractivity contribution >= 4 is 0 Å². The van der Waals surface area contributed by atoms with Gasteiger partial charge in [-0.1, -0.05) is 96.8 Å². The molecule has 2 fully saturated rings. The van der Waals surface area contributed by atoms with Gasteiger partial charge in [-0.05, 0) is 71.9 Å². The normalized spacial score (nSPS) is 24.1. The van der Waals surface area contributed by atoms with E-state index in [1.54, 1.807) is 0 Å². The summed E-state index contributed by atoms with van der Waals surface area (Å²) in [4.78, 5) is 0. The van der Waals surface area contributed by atoms with E-state index in [-0.39, 0.29) is 5.56 Å². The van der Waals surface area contributed by atoms with Gasteiger partial charge < -0.3 is 0 Å². The Balaban J connectivity index is 1.16. The molecule has 0 bridgehead atoms. The second-order valence-corrected chi connectivity index (χ2v) is 12.1. The van der Waals surface area contributed by atoms with Crippen molar-refractivity contribution in [1.29, 1.82) is 0 Å². The lowest BCUT2D eigenvalue weighted by molar-refractivity contribution is 0.233. The SMILES string of the molecule is CCC[C@H]1CC[C@H](CCCC[C@H]2CC[C@H](CCc3cc(F)c(-c4cc(F)c(F)c(F)c4)c(F)c3)CC2)CC1. The van der Waals surface area contributed by atoms with Crippen LogP contribution in [-0.2, 0) is 6.42 Å². The first-order valence-corrected chi connectivity index (χ1v) is 15.0. The first-order valence-electron chi connectivity index (χ1n) is 15.0. The molecule has 2 aromatic rings. The summed E-state index contributed by atoms with van der Waals surface area (Å²) in [5, 5.41) is 0. The van der Waals surface area contributed by atoms with E-state index in [1.807, 2.05) is 0 Å². The van der Waals surface area contributed by atoms with E-state index in [9.17, 15) is 22.0 Å². The zero-order valence-electron chi connectivity index (χ0n) is 22.8. The van der Waals surface area contributed by atoms with E-state index in [4.69, 9.17) is 0 Å². The monoisotopic (exact) mass is 534 g/mol. The lowest BCUT2D eigenvalue weighted by Gasteiger charge is -2.30. The summed E-state index contributed by atoms with van der Waals surface area (Å²) in [6, 6.07) is 3.71. The molecule has 210 valence electrons. The molecule has 0 nitrogen and oxygen atoms in total. The van der Waals surface area contributed by atoms with Gasteiger partial charge in [0.05, 0.1) is 5.56 Å². The Bertz CT molecular complexity index is 986. The van der Waals surface area contributed by atoms with Crippen LogP contribution in [0.3, 0.4) is 0 Å². The Kier molecular flexibility index (Phi) is 10.7. The Hall–Kier alpha value is -1.91. The van der Waals surface area contributed by atoms with Crippen molar-refractivity contribution in [3.63, 3.8) is 0 Å². The largest absolute Gasteiger partial charge is 0.206 e. The second kappa shape index (κ2) is 13.9. The summed E-state index contributed by atoms with van der Waals surface area (Å²) in [6.07, 6.45) is 20.2. The predicted molar refractivity (Wildman–Crippen MR) is 144 cm³/mol. The van der Waals surface area contributed by atoms with Crippen molar-refractivity contribution < 1.29 is 22.0 Å². The molecule has 0 radical (unpaired) electrons. The van der Waals surface area contributed by atoms with Gasteiger partial charge in [0, 0.05) is 0 Å². The average molecular weight is 535 g/mol. The number of unbranched alkanes of at least 4 members (excludes halogenated alkanes) is 1. The maximum atomic E-state index is 14.7. The van der Waals surface area contributed by atoms with Crippen LogP contribution in [0.2, 0.25) is 0 Å². The van der Waals surface area contributed by atoms with Crippen LogP contribution in [-0.4, -0.2) is 0 Å². The molecular formula is C33H43F5. The third-order valence-corrected chi connectivity index (χ3v) is 9.32. The molecule has 0 spiro atoms. The van der Waals surface area contributed by atoms with Crippen LogP contribution in [0, 0.1) is 52.8 Å². The summed E-state index contributed by atoms with van der Waals surface area (Å²) in [5.74, 6) is -3.03. The molecule has 0 heterocycles. The first kappa shape index (κ1) is 29.1. The highest BCUT2D eigenvalue weighted by molar-refractivity contribution is 5.65. The molecule has 5 heteroatoms. The van der Waals surface area contributed by atoms with Crippen LogP contribution in [0.25, 0.3) is 11.1 Å². The van der Waals surface area contributed by atoms with Crippen molar-refractivity contribution in [3.8, 4) is 11.1 Å². The summed E-state index contributed by atoms with van der Waals surface area (Å²) >= 11 is 0. The Morgan fingerprint density at radius 2 is 0.974 bits per heavy atom. The topological polar surface area (TPSA) is 0 Å². The van der Waals surface area contributed by atoms with Crippen LogP contribution >= 0.6 is 0 Å². The third-order valence-electron chi connectivity index (χ3n) is 9.32. The fourth-order valence-electron chi connectivity index (χ4n) is 7.01. The van der Waals surface area contributed by atoms with Crippen LogP contribution in [0.1, 0.15) is 109 Å². The molecule has 4 rings (SSSR count). The van der Waals surface area contributed by atoms with Gasteiger partial charge in [-0.3, -0.25) is 0 Å². The maximum absolute atomic E-state index is 14.7. The minimum absolute atomic E-state index is 0.347. The molecule has 2 aliphatic carbocycles. The number of halogens is 5. The molecule has 0 aromatic heterocycles. The minimum Gasteiger partial charge on any atom is -0.206 e. The lowest BCUT2D eigenvalue weighted by Crippen LogP contribution is -2.16. The number of rotatable bonds is 11. The van der Waals surface area contributed by atoms with Gasteiger partial charge in [0.15, 0.2) is 17.5 Å². The van der Waals surface area contributed by atoms with Crippen molar-refractivity contribution in [2.45, 2.75) is 110 Å². The third kappa shape index (κ3) is 7.82. The molecule has 0 saturated heterocycles. The van der Waals surface area contributed by atoms with Crippen molar-refractivity contribution in [1.82, 2.24) is 0 Å². The summed E-state index contributed by atoms with van der Waals surface area (Å²) in [7, 11) is 0. The van der Waals surface area contributed by atoms with Gasteiger partial charge in [0.2, 0.25) is 0 Å². The van der Waals surface area contributed by atoms with Crippen molar-refractivity contribution in [2.75, 3.05) is 0 Å². The quantitative estimate of drug-likeness (QED) is 0.153. The van der Waals surface area contributed by atoms with Crippen LogP contribution in [0.15, 0.2) is 24.3 Å². The fourth-order valence-corrected chi connectivity index (χ4v) is 7.01. The van der Waals surface area contributed by atoms with Gasteiger partial charge in [0.25, 0.3) is 0 Å². The molecule has 0 unspecified atom stereocenters. The number of hydrogen-bond donors (Lipinski definition) is 0. The molecule has 0 atom stereocenters. The molecule has 2 saturated carbocycles. The fraction of sp³-hybridized carbons (Fsp3) is 0.636. The smallest absolute Gasteiger partial charge is 0.194 e. The van der Waals surface area contributed by atoms with Crippen LogP contribution < -0.4 is 0 Å². The van der Waals surface area contributed by atoms with Crippen LogP contribution in [0.5, 0.6) is 0 Å². The molecule has 2 aliphatic rings. The van der Waals surface area contributed by atoms with Crippen molar-refractivity contribution in [3.05, 3.63) is 58.9 Å². The van der Waals surface area contributed by atoms with Crippen LogP contribution in [0.4, 0.5) is 22.0 Å². The summed E-state index contributed by atoms with van der Waals surface area (Å²) in [5.41, 5.74) is -0.338. The average Bonchev–Trinajstić information content (AvgIpc) is 2.90. The molecule has 0 amide bonds. The zero-order valence-corrected chi connectivity index (χ0v) is 22.8. The maximum Gasteiger partial charge on any atom is 0.194 e. The minimum atomic E-state index is -1.65. The van der Waals surface area contributed by atoms with Gasteiger partial charge in [-0.2, -0.15) is 0 Å². The van der Waals surface area contributed by atoms with E-state index in [2.05, 4.69) is 6.92 Å². The molecule has 0 aliphatic heterocycles. The number of hydrogen-bond acceptors (Lipinski definition) is 0. The molecule has 38 heavy (non-hydrogen) atoms. The Labute approximate surface area is 225 Å². The second-order valence-electron chi connectivity index (χ2n) is 12.1. The van der Waals surface area contributed by atoms with Gasteiger partial charge in [-0.25, -0.2) is 22.0 Å². The summed E-state index contributed by atoms with van der Waals surface area (Å²) < 4.78 is 69.8. The standard InChI is InChI=1S/C33H43F5/c1-2-5-22-8-10-23(11-9-22)6-3-4-7-24-12-14-25(15-13-24)16-17-26-18-28(34)32(29(35)19-26)27-20-30(36)33(38)31(37)21-27/h18-25H,2-17H2,1H3/t22-,23-,24-,25-. The molecular weight excluding hydrogens is 491 g/mol. The van der Waals surface area contributed by atoms with E-state index in [1.165, 1.54) is 102 Å². The highest BCUT2D eigenvalue weighted by Crippen LogP contribution is 2.37. The van der Waals surface area contributed by atoms with Gasteiger partial charge >= 0.3 is 0 Å². The Morgan fingerprint density at radius 3 is 1.42 bits per heavy atom. The van der Waals surface area contributed by atoms with E-state index < -0.39 is 34.6 Å². The lowest BCUT2D eigenvalue weighted by atomic mass is 9.76. The first-order chi connectivity index (χ1) is 18.3. The van der Waals surface area contributed by atoms with Crippen molar-refractivity contribution in [2.24, 2.45) is 23.7 Å². The Morgan fingerprint density at radius 1 is 0.553 bits per heavy atom. The van der Waals surface area contributed by atoms with E-state index >= 15 is 0 Å². The predicted octanol–water partition coefficient (Wildman–Crippen LogP) is 11.0. The zero-order chi connectivity index (χ0) is 27.1. The summed E-state index contributed by atoms with van der Waals surface area (Å²) in [6.45, 7) is 2.30. The van der Waals surface area contributed by atoms with Gasteiger partial charge in [0.1, 0.15) is 11.6 Å². The highest BCUT2D eigenvalue weighted by Gasteiger charge is 2.23.